The van der Waals surface area contributed by atoms with Gasteiger partial charge in [-0.1, -0.05) is 152 Å². The van der Waals surface area contributed by atoms with E-state index in [-0.39, 0.29) is 13.4 Å². The second-order valence-electron chi connectivity index (χ2n) is 30.0. The standard InChI is InChI=1S/C79H83B2N3/c1-46-73-71-79-72-74(46)83-70-35-33-54(48-22-10-3-11-23-48)37-60(70)62-39-56(50-26-14-5-15-27-50)43-66(76(62)83)81(72)68-45-58(52-30-18-7-19-31-52)41-64-63-40-57(51-28-16-6-17-29-51)44-67(77(63)84(79)78(64)68)80(71)65-42-55(49-24-12-4-13-25-49)38-61-59-36-53(47-20-8-2-9-21-47)32-34-69(59)82(73)75(61)65/h32-45,47-52H,2-31H2,1H3. The second kappa shape index (κ2) is 18.5. The van der Waals surface area contributed by atoms with Crippen LogP contribution in [0.3, 0.4) is 0 Å². The molecule has 3 nitrogen and oxygen atoms in total. The maximum absolute atomic E-state index is 2.99. The zero-order chi connectivity index (χ0) is 54.6. The van der Waals surface area contributed by atoms with Crippen LogP contribution in [0.25, 0.3) is 82.5 Å². The number of aromatic nitrogens is 3. The summed E-state index contributed by atoms with van der Waals surface area (Å²) in [6, 6.07) is 38.6. The highest BCUT2D eigenvalue weighted by Crippen LogP contribution is 2.50. The van der Waals surface area contributed by atoms with Crippen LogP contribution in [0.15, 0.2) is 84.9 Å². The first-order valence-electron chi connectivity index (χ1n) is 35.2. The van der Waals surface area contributed by atoms with E-state index in [0.29, 0.717) is 35.5 Å². The monoisotopic (exact) mass is 1100 g/mol. The fourth-order valence-corrected chi connectivity index (χ4v) is 21.7. The Bertz CT molecular complexity index is 4190. The maximum Gasteiger partial charge on any atom is 0.252 e. The Hall–Kier alpha value is -5.93. The molecule has 0 saturated heterocycles. The normalized spacial score (nSPS) is 21.3. The third kappa shape index (κ3) is 6.75. The molecule has 7 heterocycles. The SMILES string of the molecule is Cc1c2c3c4c5c1-n1c6ccc(C7CCCCC7)cc6c6cc(C7CCCCC7)cc(c61)B5c1cc(C5CCCCC5)cc5c6cc(C7CCCCC7)cc(c6n-4c15)B3c1cc(C3CCCCC3)cc3c4cc(C5CCCCC5)ccc4n-2c13. The van der Waals surface area contributed by atoms with Gasteiger partial charge in [-0.05, 0) is 240 Å². The molecule has 10 aromatic rings. The molecule has 4 aliphatic heterocycles. The molecular formula is C79H83B2N3. The van der Waals surface area contributed by atoms with E-state index in [4.69, 9.17) is 0 Å². The number of hydrogen-bond donors (Lipinski definition) is 0. The van der Waals surface area contributed by atoms with E-state index in [2.05, 4.69) is 106 Å². The molecule has 6 aliphatic carbocycles. The molecule has 6 saturated carbocycles. The topological polar surface area (TPSA) is 14.8 Å². The van der Waals surface area contributed by atoms with Gasteiger partial charge in [-0.2, -0.15) is 0 Å². The van der Waals surface area contributed by atoms with Gasteiger partial charge in [0.2, 0.25) is 0 Å². The molecule has 84 heavy (non-hydrogen) atoms. The number of hydrogen-bond acceptors (Lipinski definition) is 0. The van der Waals surface area contributed by atoms with Gasteiger partial charge in [0.1, 0.15) is 0 Å². The first kappa shape index (κ1) is 49.2. The highest BCUT2D eigenvalue weighted by atomic mass is 15.1. The number of fused-ring (bicyclic) bond motifs is 13. The number of benzene rings is 7. The van der Waals surface area contributed by atoms with Crippen molar-refractivity contribution in [3.63, 3.8) is 0 Å². The Kier molecular flexibility index (Phi) is 10.9. The van der Waals surface area contributed by atoms with Crippen LogP contribution < -0.4 is 32.8 Å². The highest BCUT2D eigenvalue weighted by molar-refractivity contribution is 7.04. The Morgan fingerprint density at radius 3 is 0.845 bits per heavy atom. The summed E-state index contributed by atoms with van der Waals surface area (Å²) in [5.41, 5.74) is 34.4. The summed E-state index contributed by atoms with van der Waals surface area (Å²) in [6.07, 6.45) is 40.6. The largest absolute Gasteiger partial charge is 0.311 e. The first-order chi connectivity index (χ1) is 41.6. The molecule has 6 fully saturated rings. The molecule has 5 heteroatoms. The number of rotatable bonds is 6. The average Bonchev–Trinajstić information content (AvgIpc) is 1.38. The van der Waals surface area contributed by atoms with Gasteiger partial charge in [0.15, 0.2) is 0 Å². The van der Waals surface area contributed by atoms with Gasteiger partial charge in [-0.3, -0.25) is 0 Å². The summed E-state index contributed by atoms with van der Waals surface area (Å²) >= 11 is 0. The molecule has 0 amide bonds. The van der Waals surface area contributed by atoms with Gasteiger partial charge in [-0.15, -0.1) is 0 Å². The Morgan fingerprint density at radius 1 is 0.274 bits per heavy atom. The lowest BCUT2D eigenvalue weighted by Gasteiger charge is -2.43. The van der Waals surface area contributed by atoms with E-state index in [1.807, 2.05) is 0 Å². The van der Waals surface area contributed by atoms with Crippen molar-refractivity contribution in [1.82, 2.24) is 13.7 Å². The Labute approximate surface area is 498 Å². The predicted molar refractivity (Wildman–Crippen MR) is 358 cm³/mol. The summed E-state index contributed by atoms with van der Waals surface area (Å²) in [5.74, 6) is 3.81. The predicted octanol–water partition coefficient (Wildman–Crippen LogP) is 17.9. The molecular weight excluding hydrogens is 1010 g/mol. The van der Waals surface area contributed by atoms with Crippen molar-refractivity contribution in [3.05, 3.63) is 124 Å². The van der Waals surface area contributed by atoms with Crippen LogP contribution in [0.1, 0.15) is 267 Å². The van der Waals surface area contributed by atoms with E-state index in [1.165, 1.54) is 253 Å². The van der Waals surface area contributed by atoms with Crippen molar-refractivity contribution < 1.29 is 0 Å². The fourth-order valence-electron chi connectivity index (χ4n) is 21.7. The molecule has 420 valence electrons. The van der Waals surface area contributed by atoms with Gasteiger partial charge in [0.25, 0.3) is 13.4 Å². The summed E-state index contributed by atoms with van der Waals surface area (Å²) in [7, 11) is 0. The van der Waals surface area contributed by atoms with Gasteiger partial charge in [0, 0.05) is 71.4 Å². The first-order valence-corrected chi connectivity index (χ1v) is 35.2. The quantitative estimate of drug-likeness (QED) is 0.147. The van der Waals surface area contributed by atoms with E-state index in [9.17, 15) is 0 Å². The fraction of sp³-hybridized carbons (Fsp3) is 0.468. The Balaban J connectivity index is 0.973. The minimum absolute atomic E-state index is 0.150. The van der Waals surface area contributed by atoms with Crippen LogP contribution in [-0.2, 0) is 0 Å². The zero-order valence-electron chi connectivity index (χ0n) is 50.3. The maximum atomic E-state index is 2.99. The third-order valence-electron chi connectivity index (χ3n) is 25.6. The van der Waals surface area contributed by atoms with E-state index in [0.717, 1.165) is 0 Å². The second-order valence-corrected chi connectivity index (χ2v) is 30.0. The summed E-state index contributed by atoms with van der Waals surface area (Å²) in [6.45, 7) is 2.93. The van der Waals surface area contributed by atoms with Crippen molar-refractivity contribution >= 4 is 112 Å². The highest BCUT2D eigenvalue weighted by Gasteiger charge is 2.51. The van der Waals surface area contributed by atoms with Crippen molar-refractivity contribution in [2.24, 2.45) is 0 Å². The summed E-state index contributed by atoms with van der Waals surface area (Å²) in [5, 5.41) is 9.21. The molecule has 0 spiro atoms. The van der Waals surface area contributed by atoms with E-state index >= 15 is 0 Å². The molecule has 0 N–H and O–H groups in total. The molecule has 3 aromatic heterocycles. The van der Waals surface area contributed by atoms with Crippen LogP contribution in [-0.4, -0.2) is 27.1 Å². The van der Waals surface area contributed by atoms with Crippen LogP contribution in [0.5, 0.6) is 0 Å². The molecule has 7 aromatic carbocycles. The minimum Gasteiger partial charge on any atom is -0.311 e. The molecule has 0 unspecified atom stereocenters. The lowest BCUT2D eigenvalue weighted by molar-refractivity contribution is 0.444. The van der Waals surface area contributed by atoms with Crippen molar-refractivity contribution in [2.45, 2.75) is 235 Å². The van der Waals surface area contributed by atoms with Crippen molar-refractivity contribution in [3.8, 4) is 17.1 Å². The van der Waals surface area contributed by atoms with Crippen LogP contribution in [0, 0.1) is 6.92 Å². The van der Waals surface area contributed by atoms with Crippen LogP contribution in [0.4, 0.5) is 0 Å². The lowest BCUT2D eigenvalue weighted by atomic mass is 9.29. The van der Waals surface area contributed by atoms with Crippen molar-refractivity contribution in [2.75, 3.05) is 0 Å². The summed E-state index contributed by atoms with van der Waals surface area (Å²) in [4.78, 5) is 0. The van der Waals surface area contributed by atoms with Gasteiger partial charge in [-0.25, -0.2) is 0 Å². The number of nitrogens with zero attached hydrogens (tertiary/aromatic N) is 3. The third-order valence-corrected chi connectivity index (χ3v) is 25.6. The zero-order valence-corrected chi connectivity index (χ0v) is 50.3. The van der Waals surface area contributed by atoms with Gasteiger partial charge >= 0.3 is 0 Å². The Morgan fingerprint density at radius 2 is 0.536 bits per heavy atom. The lowest BCUT2D eigenvalue weighted by Crippen LogP contribution is -2.67. The summed E-state index contributed by atoms with van der Waals surface area (Å²) < 4.78 is 8.84. The van der Waals surface area contributed by atoms with Crippen LogP contribution in [0.2, 0.25) is 0 Å². The smallest absolute Gasteiger partial charge is 0.252 e. The van der Waals surface area contributed by atoms with Crippen LogP contribution >= 0.6 is 0 Å². The molecule has 10 aliphatic rings. The average molecular weight is 1100 g/mol. The molecule has 0 atom stereocenters. The molecule has 20 rings (SSSR count). The van der Waals surface area contributed by atoms with Crippen molar-refractivity contribution in [1.29, 1.82) is 0 Å². The van der Waals surface area contributed by atoms with E-state index < -0.39 is 0 Å². The van der Waals surface area contributed by atoms with E-state index in [1.54, 1.807) is 93.7 Å². The van der Waals surface area contributed by atoms with Gasteiger partial charge in [0.05, 0.1) is 11.0 Å². The minimum atomic E-state index is 0.150. The van der Waals surface area contributed by atoms with Gasteiger partial charge < -0.3 is 13.7 Å². The molecule has 0 bridgehead atoms. The molecule has 0 radical (unpaired) electrons.